The van der Waals surface area contributed by atoms with Gasteiger partial charge in [0.15, 0.2) is 0 Å². The van der Waals surface area contributed by atoms with Crippen molar-refractivity contribution in [3.8, 4) is 0 Å². The number of hydrogen-bond acceptors (Lipinski definition) is 2. The molecule has 1 heterocycles. The van der Waals surface area contributed by atoms with Crippen molar-refractivity contribution in [1.82, 2.24) is 4.31 Å². The maximum absolute atomic E-state index is 11.3. The van der Waals surface area contributed by atoms with Gasteiger partial charge in [-0.3, -0.25) is 4.55 Å². The third-order valence-corrected chi connectivity index (χ3v) is 3.96. The molecule has 0 radical (unpaired) electrons. The highest BCUT2D eigenvalue weighted by Crippen LogP contribution is 2.32. The van der Waals surface area contributed by atoms with E-state index in [0.717, 1.165) is 24.8 Å². The van der Waals surface area contributed by atoms with E-state index in [1.807, 2.05) is 30.3 Å². The summed E-state index contributed by atoms with van der Waals surface area (Å²) in [4.78, 5) is 0. The first-order valence-electron chi connectivity index (χ1n) is 5.38. The highest BCUT2D eigenvalue weighted by Gasteiger charge is 2.31. The SMILES string of the molecule is O=S(=O)(O)N1CCCCC1c1ccccc1. The van der Waals surface area contributed by atoms with Crippen LogP contribution in [0.25, 0.3) is 0 Å². The minimum Gasteiger partial charge on any atom is -0.273 e. The predicted molar refractivity (Wildman–Crippen MR) is 61.3 cm³/mol. The van der Waals surface area contributed by atoms with Gasteiger partial charge in [0.1, 0.15) is 0 Å². The maximum atomic E-state index is 11.3. The van der Waals surface area contributed by atoms with Crippen LogP contribution in [0, 0.1) is 0 Å². The molecule has 1 N–H and O–H groups in total. The topological polar surface area (TPSA) is 57.6 Å². The fourth-order valence-corrected chi connectivity index (χ4v) is 3.10. The average molecular weight is 241 g/mol. The van der Waals surface area contributed by atoms with Crippen molar-refractivity contribution in [2.24, 2.45) is 0 Å². The molecule has 0 spiro atoms. The van der Waals surface area contributed by atoms with Gasteiger partial charge in [0, 0.05) is 6.54 Å². The Morgan fingerprint density at radius 2 is 1.88 bits per heavy atom. The smallest absolute Gasteiger partial charge is 0.273 e. The lowest BCUT2D eigenvalue weighted by atomic mass is 9.98. The normalized spacial score (nSPS) is 23.2. The van der Waals surface area contributed by atoms with E-state index in [-0.39, 0.29) is 6.04 Å². The molecule has 1 aromatic rings. The highest BCUT2D eigenvalue weighted by molar-refractivity contribution is 7.83. The second-order valence-electron chi connectivity index (χ2n) is 4.01. The Kier molecular flexibility index (Phi) is 3.28. The van der Waals surface area contributed by atoms with Gasteiger partial charge in [-0.15, -0.1) is 0 Å². The second kappa shape index (κ2) is 4.53. The molecule has 0 saturated carbocycles. The van der Waals surface area contributed by atoms with Crippen molar-refractivity contribution in [1.29, 1.82) is 0 Å². The molecular formula is C11H15NO3S. The summed E-state index contributed by atoms with van der Waals surface area (Å²) in [7, 11) is -4.09. The zero-order valence-corrected chi connectivity index (χ0v) is 9.73. The fraction of sp³-hybridized carbons (Fsp3) is 0.455. The predicted octanol–water partition coefficient (Wildman–Crippen LogP) is 2.02. The van der Waals surface area contributed by atoms with Gasteiger partial charge in [0.25, 0.3) is 0 Å². The second-order valence-corrected chi connectivity index (χ2v) is 5.38. The van der Waals surface area contributed by atoms with Crippen molar-refractivity contribution < 1.29 is 13.0 Å². The largest absolute Gasteiger partial charge is 0.336 e. The summed E-state index contributed by atoms with van der Waals surface area (Å²) in [5, 5.41) is 0. The number of benzene rings is 1. The van der Waals surface area contributed by atoms with Gasteiger partial charge in [-0.2, -0.15) is 12.7 Å². The molecule has 1 saturated heterocycles. The van der Waals surface area contributed by atoms with E-state index >= 15 is 0 Å². The number of piperidine rings is 1. The summed E-state index contributed by atoms with van der Waals surface area (Å²) in [6.07, 6.45) is 2.57. The van der Waals surface area contributed by atoms with Crippen molar-refractivity contribution >= 4 is 10.3 Å². The van der Waals surface area contributed by atoms with Gasteiger partial charge in [0.2, 0.25) is 0 Å². The Bertz CT molecular complexity index is 444. The molecule has 1 aliphatic heterocycles. The summed E-state index contributed by atoms with van der Waals surface area (Å²) in [6.45, 7) is 0.401. The minimum atomic E-state index is -4.09. The van der Waals surface area contributed by atoms with Crippen molar-refractivity contribution in [3.05, 3.63) is 35.9 Å². The first-order valence-corrected chi connectivity index (χ1v) is 6.78. The molecule has 0 bridgehead atoms. The molecule has 4 nitrogen and oxygen atoms in total. The third-order valence-electron chi connectivity index (χ3n) is 2.93. The lowest BCUT2D eigenvalue weighted by Crippen LogP contribution is -2.37. The molecular weight excluding hydrogens is 226 g/mol. The Balaban J connectivity index is 2.31. The molecule has 0 aliphatic carbocycles. The van der Waals surface area contributed by atoms with Crippen LogP contribution in [0.5, 0.6) is 0 Å². The molecule has 1 unspecified atom stereocenters. The van der Waals surface area contributed by atoms with Gasteiger partial charge < -0.3 is 0 Å². The van der Waals surface area contributed by atoms with E-state index in [1.165, 1.54) is 4.31 Å². The summed E-state index contributed by atoms with van der Waals surface area (Å²) in [5.41, 5.74) is 0.944. The summed E-state index contributed by atoms with van der Waals surface area (Å²) in [5.74, 6) is 0. The zero-order valence-electron chi connectivity index (χ0n) is 8.91. The fourth-order valence-electron chi connectivity index (χ4n) is 2.19. The standard InChI is InChI=1S/C11H15NO3S/c13-16(14,15)12-9-5-4-8-11(12)10-6-2-1-3-7-10/h1-3,6-7,11H,4-5,8-9H2,(H,13,14,15). The van der Waals surface area contributed by atoms with E-state index in [2.05, 4.69) is 0 Å². The Morgan fingerprint density at radius 3 is 2.50 bits per heavy atom. The quantitative estimate of drug-likeness (QED) is 0.806. The average Bonchev–Trinajstić information content (AvgIpc) is 2.29. The zero-order chi connectivity index (χ0) is 11.6. The molecule has 0 amide bonds. The van der Waals surface area contributed by atoms with E-state index in [1.54, 1.807) is 0 Å². The minimum absolute atomic E-state index is 0.218. The van der Waals surface area contributed by atoms with Crippen molar-refractivity contribution in [3.63, 3.8) is 0 Å². The van der Waals surface area contributed by atoms with Crippen LogP contribution in [-0.2, 0) is 10.3 Å². The molecule has 16 heavy (non-hydrogen) atoms. The van der Waals surface area contributed by atoms with Crippen LogP contribution in [0.15, 0.2) is 30.3 Å². The van der Waals surface area contributed by atoms with E-state index < -0.39 is 10.3 Å². The maximum Gasteiger partial charge on any atom is 0.336 e. The van der Waals surface area contributed by atoms with Crippen molar-refractivity contribution in [2.45, 2.75) is 25.3 Å². The van der Waals surface area contributed by atoms with E-state index in [0.29, 0.717) is 6.54 Å². The van der Waals surface area contributed by atoms with E-state index in [4.69, 9.17) is 0 Å². The first-order chi connectivity index (χ1) is 7.59. The van der Waals surface area contributed by atoms with Crippen LogP contribution in [-0.4, -0.2) is 23.8 Å². The third kappa shape index (κ3) is 2.42. The van der Waals surface area contributed by atoms with Gasteiger partial charge in [-0.25, -0.2) is 0 Å². The Hall–Kier alpha value is -0.910. The van der Waals surface area contributed by atoms with Gasteiger partial charge in [-0.1, -0.05) is 36.8 Å². The molecule has 1 aliphatic rings. The first kappa shape index (κ1) is 11.6. The van der Waals surface area contributed by atoms with Crippen LogP contribution in [0.4, 0.5) is 0 Å². The molecule has 0 aromatic heterocycles. The summed E-state index contributed by atoms with van der Waals surface area (Å²) in [6, 6.07) is 9.23. The molecule has 1 atom stereocenters. The van der Waals surface area contributed by atoms with Crippen LogP contribution in [0.3, 0.4) is 0 Å². The summed E-state index contributed by atoms with van der Waals surface area (Å²) < 4.78 is 32.9. The van der Waals surface area contributed by atoms with Gasteiger partial charge >= 0.3 is 10.3 Å². The van der Waals surface area contributed by atoms with Gasteiger partial charge in [-0.05, 0) is 18.4 Å². The lowest BCUT2D eigenvalue weighted by molar-refractivity contribution is 0.233. The molecule has 1 aromatic carbocycles. The Morgan fingerprint density at radius 1 is 1.19 bits per heavy atom. The van der Waals surface area contributed by atoms with Gasteiger partial charge in [0.05, 0.1) is 6.04 Å². The number of nitrogens with zero attached hydrogens (tertiary/aromatic N) is 1. The molecule has 2 rings (SSSR count). The summed E-state index contributed by atoms with van der Waals surface area (Å²) >= 11 is 0. The molecule has 88 valence electrons. The molecule has 5 heteroatoms. The van der Waals surface area contributed by atoms with Crippen molar-refractivity contribution in [2.75, 3.05) is 6.54 Å². The van der Waals surface area contributed by atoms with Crippen LogP contribution in [0.1, 0.15) is 30.9 Å². The molecule has 1 fully saturated rings. The number of hydrogen-bond donors (Lipinski definition) is 1. The number of rotatable bonds is 2. The van der Waals surface area contributed by atoms with E-state index in [9.17, 15) is 13.0 Å². The van der Waals surface area contributed by atoms with Crippen LogP contribution < -0.4 is 0 Å². The Labute approximate surface area is 95.8 Å². The monoisotopic (exact) mass is 241 g/mol. The highest BCUT2D eigenvalue weighted by atomic mass is 32.2. The van der Waals surface area contributed by atoms with Crippen LogP contribution in [0.2, 0.25) is 0 Å². The lowest BCUT2D eigenvalue weighted by Gasteiger charge is -2.32. The van der Waals surface area contributed by atoms with Crippen LogP contribution >= 0.6 is 0 Å².